The van der Waals surface area contributed by atoms with E-state index in [0.29, 0.717) is 12.8 Å². The van der Waals surface area contributed by atoms with E-state index in [9.17, 15) is 13.5 Å². The maximum absolute atomic E-state index is 11.9. The standard InChI is InChI=1S/C15H24O4S/c1-3-4-5-6-14(16)11-12-19-20(17,18)15-9-7-13(2)8-10-15/h7-10,14,16H,3-6,11-12H2,1-2H3/t14-/m1/s1. The summed E-state index contributed by atoms with van der Waals surface area (Å²) in [6.45, 7) is 4.01. The van der Waals surface area contributed by atoms with E-state index < -0.39 is 16.2 Å². The molecule has 20 heavy (non-hydrogen) atoms. The highest BCUT2D eigenvalue weighted by molar-refractivity contribution is 7.86. The van der Waals surface area contributed by atoms with Crippen LogP contribution in [0.5, 0.6) is 0 Å². The second-order valence-electron chi connectivity index (χ2n) is 5.03. The van der Waals surface area contributed by atoms with Crippen LogP contribution in [0.15, 0.2) is 29.2 Å². The van der Waals surface area contributed by atoms with Crippen LogP contribution in [-0.2, 0) is 14.3 Å². The Hall–Kier alpha value is -0.910. The smallest absolute Gasteiger partial charge is 0.296 e. The van der Waals surface area contributed by atoms with Gasteiger partial charge in [0.05, 0.1) is 17.6 Å². The van der Waals surface area contributed by atoms with Gasteiger partial charge in [-0.2, -0.15) is 8.42 Å². The zero-order chi connectivity index (χ0) is 15.0. The fourth-order valence-electron chi connectivity index (χ4n) is 1.84. The number of benzene rings is 1. The quantitative estimate of drug-likeness (QED) is 0.562. The van der Waals surface area contributed by atoms with Gasteiger partial charge in [0.15, 0.2) is 0 Å². The summed E-state index contributed by atoms with van der Waals surface area (Å²) in [5, 5.41) is 9.70. The van der Waals surface area contributed by atoms with E-state index in [2.05, 4.69) is 6.92 Å². The normalized spacial score (nSPS) is 13.3. The second kappa shape index (κ2) is 8.39. The number of rotatable bonds is 9. The highest BCUT2D eigenvalue weighted by Crippen LogP contribution is 2.14. The van der Waals surface area contributed by atoms with Crippen LogP contribution in [0, 0.1) is 6.92 Å². The Morgan fingerprint density at radius 2 is 1.80 bits per heavy atom. The topological polar surface area (TPSA) is 63.6 Å². The van der Waals surface area contributed by atoms with Crippen molar-refractivity contribution in [3.05, 3.63) is 29.8 Å². The number of hydrogen-bond acceptors (Lipinski definition) is 4. The van der Waals surface area contributed by atoms with Gasteiger partial charge in [0, 0.05) is 0 Å². The Labute approximate surface area is 121 Å². The maximum atomic E-state index is 11.9. The molecular formula is C15H24O4S. The maximum Gasteiger partial charge on any atom is 0.296 e. The van der Waals surface area contributed by atoms with Crippen molar-refractivity contribution in [2.75, 3.05) is 6.61 Å². The molecular weight excluding hydrogens is 276 g/mol. The van der Waals surface area contributed by atoms with Gasteiger partial charge in [0.25, 0.3) is 10.1 Å². The van der Waals surface area contributed by atoms with E-state index in [1.54, 1.807) is 12.1 Å². The molecule has 0 aliphatic carbocycles. The third-order valence-corrected chi connectivity index (χ3v) is 4.47. The molecule has 1 aromatic carbocycles. The average molecular weight is 300 g/mol. The summed E-state index contributed by atoms with van der Waals surface area (Å²) in [6.07, 6.45) is 3.69. The SMILES string of the molecule is CCCCC[C@@H](O)CCOS(=O)(=O)c1ccc(C)cc1. The largest absolute Gasteiger partial charge is 0.393 e. The van der Waals surface area contributed by atoms with Crippen molar-refractivity contribution in [3.63, 3.8) is 0 Å². The van der Waals surface area contributed by atoms with E-state index in [4.69, 9.17) is 4.18 Å². The fourth-order valence-corrected chi connectivity index (χ4v) is 2.76. The first-order valence-electron chi connectivity index (χ1n) is 7.10. The van der Waals surface area contributed by atoms with Gasteiger partial charge in [-0.25, -0.2) is 0 Å². The average Bonchev–Trinajstić information content (AvgIpc) is 2.39. The van der Waals surface area contributed by atoms with Crippen LogP contribution in [0.1, 0.15) is 44.6 Å². The van der Waals surface area contributed by atoms with Gasteiger partial charge >= 0.3 is 0 Å². The molecule has 0 heterocycles. The Bertz CT molecular complexity index is 479. The molecule has 1 atom stereocenters. The van der Waals surface area contributed by atoms with Crippen molar-refractivity contribution < 1.29 is 17.7 Å². The number of aryl methyl sites for hydroxylation is 1. The van der Waals surface area contributed by atoms with Gasteiger partial charge in [-0.05, 0) is 31.9 Å². The van der Waals surface area contributed by atoms with Crippen LogP contribution in [0.2, 0.25) is 0 Å². The number of hydrogen-bond donors (Lipinski definition) is 1. The van der Waals surface area contributed by atoms with Crippen LogP contribution in [-0.4, -0.2) is 26.2 Å². The molecule has 0 unspecified atom stereocenters. The van der Waals surface area contributed by atoms with Crippen LogP contribution in [0.3, 0.4) is 0 Å². The molecule has 0 saturated carbocycles. The summed E-state index contributed by atoms with van der Waals surface area (Å²) in [7, 11) is -3.71. The van der Waals surface area contributed by atoms with Gasteiger partial charge < -0.3 is 5.11 Å². The zero-order valence-electron chi connectivity index (χ0n) is 12.2. The van der Waals surface area contributed by atoms with Gasteiger partial charge in [0.2, 0.25) is 0 Å². The lowest BCUT2D eigenvalue weighted by molar-refractivity contribution is 0.129. The number of aliphatic hydroxyl groups excluding tert-OH is 1. The fraction of sp³-hybridized carbons (Fsp3) is 0.600. The Balaban J connectivity index is 2.38. The molecule has 0 aromatic heterocycles. The highest BCUT2D eigenvalue weighted by Gasteiger charge is 2.15. The first-order valence-corrected chi connectivity index (χ1v) is 8.50. The molecule has 1 N–H and O–H groups in total. The number of aliphatic hydroxyl groups is 1. The molecule has 5 heteroatoms. The second-order valence-corrected chi connectivity index (χ2v) is 6.64. The minimum atomic E-state index is -3.71. The van der Waals surface area contributed by atoms with Crippen molar-refractivity contribution in [3.8, 4) is 0 Å². The lowest BCUT2D eigenvalue weighted by Gasteiger charge is -2.10. The van der Waals surface area contributed by atoms with E-state index in [-0.39, 0.29) is 11.5 Å². The minimum absolute atomic E-state index is 0.0174. The number of unbranched alkanes of at least 4 members (excludes halogenated alkanes) is 2. The molecule has 1 aromatic rings. The van der Waals surface area contributed by atoms with Gasteiger partial charge in [-0.1, -0.05) is 43.9 Å². The monoisotopic (exact) mass is 300 g/mol. The van der Waals surface area contributed by atoms with Gasteiger partial charge in [-0.15, -0.1) is 0 Å². The van der Waals surface area contributed by atoms with Crippen molar-refractivity contribution in [1.29, 1.82) is 0 Å². The molecule has 4 nitrogen and oxygen atoms in total. The summed E-state index contributed by atoms with van der Waals surface area (Å²) in [5.41, 5.74) is 0.996. The molecule has 0 radical (unpaired) electrons. The molecule has 1 rings (SSSR count). The Kier molecular flexibility index (Phi) is 7.19. The van der Waals surface area contributed by atoms with Crippen molar-refractivity contribution >= 4 is 10.1 Å². The molecule has 0 aliphatic rings. The van der Waals surface area contributed by atoms with E-state index >= 15 is 0 Å². The lowest BCUT2D eigenvalue weighted by Crippen LogP contribution is -2.14. The third-order valence-electron chi connectivity index (χ3n) is 3.14. The minimum Gasteiger partial charge on any atom is -0.393 e. The zero-order valence-corrected chi connectivity index (χ0v) is 13.0. The Morgan fingerprint density at radius 3 is 2.40 bits per heavy atom. The van der Waals surface area contributed by atoms with Gasteiger partial charge in [-0.3, -0.25) is 4.18 Å². The van der Waals surface area contributed by atoms with Crippen LogP contribution in [0.25, 0.3) is 0 Å². The van der Waals surface area contributed by atoms with Crippen LogP contribution in [0.4, 0.5) is 0 Å². The molecule has 0 fully saturated rings. The van der Waals surface area contributed by atoms with Crippen molar-refractivity contribution in [2.24, 2.45) is 0 Å². The first kappa shape index (κ1) is 17.1. The van der Waals surface area contributed by atoms with Gasteiger partial charge in [0.1, 0.15) is 0 Å². The molecule has 0 aliphatic heterocycles. The predicted molar refractivity (Wildman–Crippen MR) is 79.1 cm³/mol. The van der Waals surface area contributed by atoms with Crippen molar-refractivity contribution in [2.45, 2.75) is 57.0 Å². The van der Waals surface area contributed by atoms with Crippen LogP contribution < -0.4 is 0 Å². The summed E-state index contributed by atoms with van der Waals surface area (Å²) in [6, 6.07) is 6.52. The predicted octanol–water partition coefficient (Wildman–Crippen LogP) is 3.03. The first-order chi connectivity index (χ1) is 9.45. The third kappa shape index (κ3) is 6.03. The molecule has 0 amide bonds. The van der Waals surface area contributed by atoms with E-state index in [1.165, 1.54) is 12.1 Å². The summed E-state index contributed by atoms with van der Waals surface area (Å²) in [5.74, 6) is 0. The summed E-state index contributed by atoms with van der Waals surface area (Å²) in [4.78, 5) is 0.156. The summed E-state index contributed by atoms with van der Waals surface area (Å²) < 4.78 is 28.7. The molecule has 0 spiro atoms. The molecule has 0 saturated heterocycles. The molecule has 0 bridgehead atoms. The van der Waals surface area contributed by atoms with Crippen molar-refractivity contribution in [1.82, 2.24) is 0 Å². The summed E-state index contributed by atoms with van der Waals surface area (Å²) >= 11 is 0. The lowest BCUT2D eigenvalue weighted by atomic mass is 10.1. The Morgan fingerprint density at radius 1 is 1.15 bits per heavy atom. The van der Waals surface area contributed by atoms with E-state index in [0.717, 1.165) is 24.8 Å². The van der Waals surface area contributed by atoms with Crippen LogP contribution >= 0.6 is 0 Å². The highest BCUT2D eigenvalue weighted by atomic mass is 32.2. The van der Waals surface area contributed by atoms with E-state index in [1.807, 2.05) is 6.92 Å². The molecule has 114 valence electrons.